The standard InChI is InChI=1S/Al.Cr.Ni.Ta.Ti. The van der Waals surface area contributed by atoms with Gasteiger partial charge in [-0.1, -0.05) is 0 Å². The Balaban J connectivity index is 0. The second kappa shape index (κ2) is 27.9. The normalized spacial score (nSPS) is 0. The Kier molecular flexibility index (Phi) is 243. The molecule has 0 aromatic heterocycles. The summed E-state index contributed by atoms with van der Waals surface area (Å²) in [6.07, 6.45) is 0. The molecule has 28 valence electrons. The molecule has 0 saturated carbocycles. The van der Waals surface area contributed by atoms with E-state index in [2.05, 4.69) is 0 Å². The smallest absolute Gasteiger partial charge is 0 e. The van der Waals surface area contributed by atoms with Gasteiger partial charge in [-0.25, -0.2) is 0 Å². The van der Waals surface area contributed by atoms with E-state index in [1.54, 1.807) is 0 Å². The maximum Gasteiger partial charge on any atom is 0 e. The van der Waals surface area contributed by atoms with Gasteiger partial charge in [0.25, 0.3) is 0 Å². The summed E-state index contributed by atoms with van der Waals surface area (Å²) < 4.78 is 0. The summed E-state index contributed by atoms with van der Waals surface area (Å²) in [6.45, 7) is 0. The molecule has 0 saturated heterocycles. The van der Waals surface area contributed by atoms with E-state index in [0.717, 1.165) is 0 Å². The van der Waals surface area contributed by atoms with Gasteiger partial charge >= 0.3 is 0 Å². The zero-order valence-corrected chi connectivity index (χ0v) is 10.4. The Morgan fingerprint density at radius 3 is 1.00 bits per heavy atom. The Morgan fingerprint density at radius 1 is 1.00 bits per heavy atom. The van der Waals surface area contributed by atoms with Crippen molar-refractivity contribution >= 4 is 17.4 Å². The summed E-state index contributed by atoms with van der Waals surface area (Å²) in [5.74, 6) is 0. The van der Waals surface area contributed by atoms with Gasteiger partial charge in [0, 0.05) is 95.3 Å². The van der Waals surface area contributed by atoms with Gasteiger partial charge in [0.15, 0.2) is 0 Å². The summed E-state index contributed by atoms with van der Waals surface area (Å²) in [5.41, 5.74) is 0. The van der Waals surface area contributed by atoms with Gasteiger partial charge < -0.3 is 0 Å². The Labute approximate surface area is 93.8 Å². The molecule has 0 rings (SSSR count). The molecular weight excluding hydrogens is 366 g/mol. The molecule has 5 heavy (non-hydrogen) atoms. The zero-order chi connectivity index (χ0) is 0. The van der Waals surface area contributed by atoms with Gasteiger partial charge in [-0.15, -0.1) is 0 Å². The molecular formula is AlCrNiTaTi. The summed E-state index contributed by atoms with van der Waals surface area (Å²) >= 11 is 0. The van der Waals surface area contributed by atoms with E-state index >= 15 is 0 Å². The van der Waals surface area contributed by atoms with Gasteiger partial charge in [0.05, 0.1) is 0 Å². The van der Waals surface area contributed by atoms with Crippen molar-refractivity contribution in [1.82, 2.24) is 0 Å². The van der Waals surface area contributed by atoms with E-state index < -0.39 is 0 Å². The van der Waals surface area contributed by atoms with Gasteiger partial charge in [-0.2, -0.15) is 0 Å². The van der Waals surface area contributed by atoms with Gasteiger partial charge in [-0.3, -0.25) is 0 Å². The van der Waals surface area contributed by atoms with Crippen LogP contribution in [0.25, 0.3) is 0 Å². The summed E-state index contributed by atoms with van der Waals surface area (Å²) in [4.78, 5) is 0. The molecule has 0 aliphatic rings. The fourth-order valence-electron chi connectivity index (χ4n) is 0. The molecule has 0 unspecified atom stereocenters. The molecule has 0 aliphatic heterocycles. The van der Waals surface area contributed by atoms with Crippen molar-refractivity contribution in [2.75, 3.05) is 0 Å². The van der Waals surface area contributed by atoms with Crippen molar-refractivity contribution in [3.05, 3.63) is 0 Å². The number of rotatable bonds is 0. The van der Waals surface area contributed by atoms with Crippen LogP contribution < -0.4 is 0 Å². The molecule has 0 N–H and O–H groups in total. The first-order valence-electron chi connectivity index (χ1n) is 0. The molecule has 0 atom stereocenters. The van der Waals surface area contributed by atoms with Crippen LogP contribution in [-0.4, -0.2) is 17.4 Å². The van der Waals surface area contributed by atoms with E-state index in [1.807, 2.05) is 0 Å². The van der Waals surface area contributed by atoms with E-state index in [9.17, 15) is 0 Å². The third-order valence-electron chi connectivity index (χ3n) is 0. The maximum atomic E-state index is 0. The van der Waals surface area contributed by atoms with Crippen molar-refractivity contribution in [2.24, 2.45) is 0 Å². The summed E-state index contributed by atoms with van der Waals surface area (Å²) in [5, 5.41) is 0. The van der Waals surface area contributed by atoms with Crippen molar-refractivity contribution in [1.29, 1.82) is 0 Å². The average molecular weight is 366 g/mol. The third-order valence-corrected chi connectivity index (χ3v) is 0. The average Bonchev–Trinajstić information content (AvgIpc) is 0. The van der Waals surface area contributed by atoms with Crippen LogP contribution in [0, 0.1) is 0 Å². The van der Waals surface area contributed by atoms with Gasteiger partial charge in [0.2, 0.25) is 0 Å². The van der Waals surface area contributed by atoms with Crippen LogP contribution in [0.4, 0.5) is 0 Å². The first-order chi connectivity index (χ1) is 0. The van der Waals surface area contributed by atoms with Crippen LogP contribution in [0.5, 0.6) is 0 Å². The minimum absolute atomic E-state index is 0. The van der Waals surface area contributed by atoms with E-state index in [4.69, 9.17) is 0 Å². The Hall–Kier alpha value is 3.01. The third kappa shape index (κ3) is 19.4. The van der Waals surface area contributed by atoms with Crippen molar-refractivity contribution < 1.29 is 78.0 Å². The fraction of sp³-hybridized carbons (Fsp3) is 0. The van der Waals surface area contributed by atoms with Crippen molar-refractivity contribution in [3.8, 4) is 0 Å². The van der Waals surface area contributed by atoms with Crippen LogP contribution in [-0.2, 0) is 78.0 Å². The monoisotopic (exact) mass is 366 g/mol. The predicted octanol–water partition coefficient (Wildman–Crippen LogP) is -0.391. The molecule has 0 aromatic carbocycles. The van der Waals surface area contributed by atoms with Crippen LogP contribution in [0.1, 0.15) is 0 Å². The molecule has 0 fully saturated rings. The first-order valence-corrected chi connectivity index (χ1v) is 0. The van der Waals surface area contributed by atoms with Crippen LogP contribution in [0.15, 0.2) is 0 Å². The van der Waals surface area contributed by atoms with Gasteiger partial charge in [0.1, 0.15) is 0 Å². The maximum absolute atomic E-state index is 0. The quantitative estimate of drug-likeness (QED) is 0.513. The van der Waals surface area contributed by atoms with Crippen LogP contribution in [0.2, 0.25) is 0 Å². The van der Waals surface area contributed by atoms with Crippen LogP contribution >= 0.6 is 0 Å². The second-order valence-corrected chi connectivity index (χ2v) is 0. The molecule has 0 aromatic rings. The molecule has 0 spiro atoms. The number of hydrogen-bond acceptors (Lipinski definition) is 0. The van der Waals surface area contributed by atoms with Crippen molar-refractivity contribution in [2.45, 2.75) is 0 Å². The summed E-state index contributed by atoms with van der Waals surface area (Å²) in [7, 11) is 0. The van der Waals surface area contributed by atoms with E-state index in [1.165, 1.54) is 0 Å². The molecule has 0 heterocycles. The fourth-order valence-corrected chi connectivity index (χ4v) is 0. The number of hydrogen-bond donors (Lipinski definition) is 0. The minimum atomic E-state index is 0. The largest absolute Gasteiger partial charge is 0 e. The van der Waals surface area contributed by atoms with E-state index in [0.29, 0.717) is 0 Å². The second-order valence-electron chi connectivity index (χ2n) is 0. The SMILES string of the molecule is [Al].[Cr].[Ni].[Ta].[Ti]. The molecule has 0 aliphatic carbocycles. The summed E-state index contributed by atoms with van der Waals surface area (Å²) in [6, 6.07) is 0. The molecule has 0 bridgehead atoms. The Morgan fingerprint density at radius 2 is 1.00 bits per heavy atom. The molecule has 5 heteroatoms. The topological polar surface area (TPSA) is 0 Å². The van der Waals surface area contributed by atoms with Crippen molar-refractivity contribution in [3.63, 3.8) is 0 Å². The molecule has 4 radical (unpaired) electrons. The van der Waals surface area contributed by atoms with Gasteiger partial charge in [-0.05, 0) is 0 Å². The van der Waals surface area contributed by atoms with E-state index in [-0.39, 0.29) is 95.3 Å². The van der Waals surface area contributed by atoms with Crippen LogP contribution in [0.3, 0.4) is 0 Å². The molecule has 0 nitrogen and oxygen atoms in total. The Bertz CT molecular complexity index is 11.6. The predicted molar refractivity (Wildman–Crippen MR) is 5.75 cm³/mol. The molecule has 0 amide bonds. The zero-order valence-electron chi connectivity index (χ0n) is 2.25. The minimum Gasteiger partial charge on any atom is 0 e. The first kappa shape index (κ1) is 43.4.